The highest BCUT2D eigenvalue weighted by molar-refractivity contribution is 14.0. The number of carbonyl (C=O) groups excluding carboxylic acids is 1. The number of hydrogen-bond donors (Lipinski definition) is 3. The summed E-state index contributed by atoms with van der Waals surface area (Å²) in [4.78, 5) is 16.3. The van der Waals surface area contributed by atoms with Gasteiger partial charge in [-0.1, -0.05) is 23.7 Å². The summed E-state index contributed by atoms with van der Waals surface area (Å²) in [5, 5.41) is 10.5. The van der Waals surface area contributed by atoms with E-state index in [9.17, 15) is 4.79 Å². The van der Waals surface area contributed by atoms with Gasteiger partial charge in [0.1, 0.15) is 0 Å². The van der Waals surface area contributed by atoms with Crippen LogP contribution >= 0.6 is 47.3 Å². The minimum absolute atomic E-state index is 0. The Morgan fingerprint density at radius 1 is 1.31 bits per heavy atom. The molecule has 0 aromatic heterocycles. The van der Waals surface area contributed by atoms with E-state index in [0.29, 0.717) is 19.6 Å². The molecule has 8 heteroatoms. The minimum Gasteiger partial charge on any atom is -0.357 e. The lowest BCUT2D eigenvalue weighted by molar-refractivity contribution is -0.122. The van der Waals surface area contributed by atoms with Crippen molar-refractivity contribution in [2.75, 3.05) is 32.4 Å². The van der Waals surface area contributed by atoms with Crippen LogP contribution in [0.2, 0.25) is 5.02 Å². The van der Waals surface area contributed by atoms with Gasteiger partial charge in [0, 0.05) is 35.8 Å². The summed E-state index contributed by atoms with van der Waals surface area (Å²) in [6.45, 7) is 4.76. The topological polar surface area (TPSA) is 65.5 Å². The van der Waals surface area contributed by atoms with E-state index >= 15 is 0 Å². The zero-order valence-corrected chi connectivity index (χ0v) is 19.2. The quantitative estimate of drug-likeness (QED) is 0.206. The van der Waals surface area contributed by atoms with Crippen molar-refractivity contribution in [1.82, 2.24) is 16.0 Å². The summed E-state index contributed by atoms with van der Waals surface area (Å²) in [7, 11) is 0. The molecule has 1 unspecified atom stereocenters. The number of rotatable bonds is 9. The Labute approximate surface area is 182 Å². The summed E-state index contributed by atoms with van der Waals surface area (Å²) in [6, 6.07) is 7.92. The fourth-order valence-corrected chi connectivity index (χ4v) is 3.24. The molecule has 1 aromatic carbocycles. The first-order valence-electron chi connectivity index (χ1n) is 8.72. The molecule has 146 valence electrons. The van der Waals surface area contributed by atoms with E-state index in [1.54, 1.807) is 11.8 Å². The third kappa shape index (κ3) is 8.35. The van der Waals surface area contributed by atoms with Gasteiger partial charge in [0.15, 0.2) is 5.96 Å². The Bertz CT molecular complexity index is 598. The molecular weight excluding hydrogens is 483 g/mol. The summed E-state index contributed by atoms with van der Waals surface area (Å²) >= 11 is 7.85. The normalized spacial score (nSPS) is 15.0. The molecule has 1 amide bonds. The van der Waals surface area contributed by atoms with Crippen molar-refractivity contribution in [3.63, 3.8) is 0 Å². The number of benzene rings is 1. The number of nitrogens with zero attached hydrogens (tertiary/aromatic N) is 1. The smallest absolute Gasteiger partial charge is 0.223 e. The summed E-state index contributed by atoms with van der Waals surface area (Å²) in [6.07, 6.45) is 4.14. The lowest BCUT2D eigenvalue weighted by atomic mass is 10.1. The van der Waals surface area contributed by atoms with Crippen LogP contribution in [-0.4, -0.2) is 44.3 Å². The monoisotopic (exact) mass is 510 g/mol. The first-order chi connectivity index (χ1) is 12.1. The van der Waals surface area contributed by atoms with Gasteiger partial charge in [-0.15, -0.1) is 24.0 Å². The molecule has 2 rings (SSSR count). The number of nitrogens with one attached hydrogen (secondary N) is 3. The number of carbonyl (C=O) groups is 1. The first-order valence-corrected chi connectivity index (χ1v) is 10.4. The zero-order valence-electron chi connectivity index (χ0n) is 15.3. The van der Waals surface area contributed by atoms with Gasteiger partial charge in [-0.25, -0.2) is 0 Å². The predicted octanol–water partition coefficient (Wildman–Crippen LogP) is 3.44. The molecular formula is C18H28ClIN4OS. The van der Waals surface area contributed by atoms with Gasteiger partial charge < -0.3 is 16.0 Å². The van der Waals surface area contributed by atoms with Crippen molar-refractivity contribution < 1.29 is 4.79 Å². The van der Waals surface area contributed by atoms with Crippen LogP contribution in [0.5, 0.6) is 0 Å². The molecule has 1 fully saturated rings. The molecule has 0 saturated heterocycles. The van der Waals surface area contributed by atoms with Crippen molar-refractivity contribution in [2.24, 2.45) is 10.9 Å². The van der Waals surface area contributed by atoms with Crippen molar-refractivity contribution in [3.05, 3.63) is 34.9 Å². The molecule has 0 bridgehead atoms. The SMILES string of the molecule is CCNC(=NCC(SC)c1cccc(Cl)c1)NCCNC(=O)C1CC1.I. The molecule has 1 aliphatic carbocycles. The fourth-order valence-electron chi connectivity index (χ4n) is 2.40. The second-order valence-electron chi connectivity index (χ2n) is 5.99. The van der Waals surface area contributed by atoms with Crippen LogP contribution < -0.4 is 16.0 Å². The molecule has 1 aromatic rings. The van der Waals surface area contributed by atoms with Gasteiger partial charge in [-0.05, 0) is 43.7 Å². The average Bonchev–Trinajstić information content (AvgIpc) is 3.44. The maximum Gasteiger partial charge on any atom is 0.223 e. The van der Waals surface area contributed by atoms with E-state index in [4.69, 9.17) is 11.6 Å². The second kappa shape index (κ2) is 12.7. The van der Waals surface area contributed by atoms with Crippen LogP contribution in [0.15, 0.2) is 29.3 Å². The van der Waals surface area contributed by atoms with E-state index in [1.807, 2.05) is 25.1 Å². The fraction of sp³-hybridized carbons (Fsp3) is 0.556. The summed E-state index contributed by atoms with van der Waals surface area (Å²) < 4.78 is 0. The van der Waals surface area contributed by atoms with E-state index in [2.05, 4.69) is 33.3 Å². The Morgan fingerprint density at radius 3 is 2.65 bits per heavy atom. The van der Waals surface area contributed by atoms with E-state index in [1.165, 1.54) is 5.56 Å². The van der Waals surface area contributed by atoms with Crippen LogP contribution in [0.4, 0.5) is 0 Å². The van der Waals surface area contributed by atoms with Gasteiger partial charge in [-0.2, -0.15) is 11.8 Å². The molecule has 26 heavy (non-hydrogen) atoms. The average molecular weight is 511 g/mol. The maximum absolute atomic E-state index is 11.6. The largest absolute Gasteiger partial charge is 0.357 e. The van der Waals surface area contributed by atoms with Crippen LogP contribution in [0, 0.1) is 5.92 Å². The Morgan fingerprint density at radius 2 is 2.04 bits per heavy atom. The number of hydrogen-bond acceptors (Lipinski definition) is 3. The Balaban J connectivity index is 0.00000338. The second-order valence-corrected chi connectivity index (χ2v) is 7.47. The van der Waals surface area contributed by atoms with E-state index in [-0.39, 0.29) is 41.1 Å². The Kier molecular flexibility index (Phi) is 11.4. The molecule has 1 aliphatic rings. The molecule has 0 aliphatic heterocycles. The minimum atomic E-state index is 0. The predicted molar refractivity (Wildman–Crippen MR) is 123 cm³/mol. The van der Waals surface area contributed by atoms with Crippen molar-refractivity contribution >= 4 is 59.2 Å². The molecule has 5 nitrogen and oxygen atoms in total. The third-order valence-corrected chi connectivity index (χ3v) is 5.15. The number of amides is 1. The number of halogens is 2. The van der Waals surface area contributed by atoms with Gasteiger partial charge in [-0.3, -0.25) is 9.79 Å². The summed E-state index contributed by atoms with van der Waals surface area (Å²) in [5.41, 5.74) is 1.18. The maximum atomic E-state index is 11.6. The van der Waals surface area contributed by atoms with Gasteiger partial charge in [0.05, 0.1) is 6.54 Å². The molecule has 0 spiro atoms. The first kappa shape index (κ1) is 23.4. The van der Waals surface area contributed by atoms with Gasteiger partial charge in [0.2, 0.25) is 5.91 Å². The van der Waals surface area contributed by atoms with E-state index in [0.717, 1.165) is 30.4 Å². The number of guanidine groups is 1. The molecule has 1 saturated carbocycles. The van der Waals surface area contributed by atoms with E-state index < -0.39 is 0 Å². The van der Waals surface area contributed by atoms with Crippen LogP contribution in [0.25, 0.3) is 0 Å². The zero-order chi connectivity index (χ0) is 18.1. The number of thioether (sulfide) groups is 1. The molecule has 0 heterocycles. The summed E-state index contributed by atoms with van der Waals surface area (Å²) in [5.74, 6) is 1.19. The number of aliphatic imine (C=N–C) groups is 1. The van der Waals surface area contributed by atoms with Crippen molar-refractivity contribution in [3.8, 4) is 0 Å². The van der Waals surface area contributed by atoms with Gasteiger partial charge >= 0.3 is 0 Å². The van der Waals surface area contributed by atoms with Crippen LogP contribution in [0.1, 0.15) is 30.6 Å². The third-order valence-electron chi connectivity index (χ3n) is 3.93. The molecule has 3 N–H and O–H groups in total. The van der Waals surface area contributed by atoms with Crippen molar-refractivity contribution in [2.45, 2.75) is 25.0 Å². The van der Waals surface area contributed by atoms with Crippen molar-refractivity contribution in [1.29, 1.82) is 0 Å². The lowest BCUT2D eigenvalue weighted by Crippen LogP contribution is -2.42. The highest BCUT2D eigenvalue weighted by atomic mass is 127. The van der Waals surface area contributed by atoms with Crippen LogP contribution in [-0.2, 0) is 4.79 Å². The highest BCUT2D eigenvalue weighted by Gasteiger charge is 2.28. The van der Waals surface area contributed by atoms with Gasteiger partial charge in [0.25, 0.3) is 0 Å². The molecule has 1 atom stereocenters. The highest BCUT2D eigenvalue weighted by Crippen LogP contribution is 2.29. The standard InChI is InChI=1S/C18H27ClN4OS.HI/c1-3-20-18(22-10-9-21-17(24)13-7-8-13)23-12-16(25-2)14-5-4-6-15(19)11-14;/h4-6,11,13,16H,3,7-10,12H2,1-2H3,(H,21,24)(H2,20,22,23);1H. The molecule has 0 radical (unpaired) electrons. The lowest BCUT2D eigenvalue weighted by Gasteiger charge is -2.16. The Hall–Kier alpha value is -0.670. The van der Waals surface area contributed by atoms with Crippen LogP contribution in [0.3, 0.4) is 0 Å².